The summed E-state index contributed by atoms with van der Waals surface area (Å²) in [6.45, 7) is 0.828. The highest BCUT2D eigenvalue weighted by Gasteiger charge is 2.29. The molecule has 2 aromatic rings. The maximum atomic E-state index is 13.9. The number of carbonyl (C=O) groups is 3. The van der Waals surface area contributed by atoms with E-state index in [0.717, 1.165) is 0 Å². The van der Waals surface area contributed by atoms with Crippen LogP contribution in [0.15, 0.2) is 54.6 Å². The van der Waals surface area contributed by atoms with Gasteiger partial charge in [0.2, 0.25) is 5.91 Å². The van der Waals surface area contributed by atoms with E-state index >= 15 is 0 Å². The van der Waals surface area contributed by atoms with Gasteiger partial charge in [0, 0.05) is 37.2 Å². The van der Waals surface area contributed by atoms with E-state index in [1.54, 1.807) is 47.4 Å². The number of nitrogens with one attached hydrogen (secondary N) is 2. The molecule has 0 aromatic heterocycles. The van der Waals surface area contributed by atoms with Gasteiger partial charge in [-0.3, -0.25) is 9.59 Å². The SMILES string of the molecule is O=C(O)N[C@@H](CC(=O)N1CC[C@H](NC(=O)c2ccccc2)C1)Cc1ccccc1F. The molecule has 0 unspecified atom stereocenters. The Morgan fingerprint density at radius 3 is 2.50 bits per heavy atom. The Bertz CT molecular complexity index is 906. The Kier molecular flexibility index (Phi) is 7.00. The van der Waals surface area contributed by atoms with Gasteiger partial charge in [-0.1, -0.05) is 36.4 Å². The quantitative estimate of drug-likeness (QED) is 0.649. The number of carbonyl (C=O) groups excluding carboxylic acids is 2. The van der Waals surface area contributed by atoms with Crippen molar-refractivity contribution in [1.82, 2.24) is 15.5 Å². The highest BCUT2D eigenvalue weighted by Crippen LogP contribution is 2.15. The molecule has 1 heterocycles. The molecule has 8 heteroatoms. The van der Waals surface area contributed by atoms with E-state index < -0.39 is 18.0 Å². The van der Waals surface area contributed by atoms with Crippen LogP contribution < -0.4 is 10.6 Å². The number of rotatable bonds is 7. The minimum absolute atomic E-state index is 0.0761. The van der Waals surface area contributed by atoms with Crippen molar-refractivity contribution >= 4 is 17.9 Å². The number of hydrogen-bond acceptors (Lipinski definition) is 3. The molecule has 1 fully saturated rings. The average molecular weight is 413 g/mol. The highest BCUT2D eigenvalue weighted by atomic mass is 19.1. The van der Waals surface area contributed by atoms with E-state index in [9.17, 15) is 18.8 Å². The lowest BCUT2D eigenvalue weighted by atomic mass is 10.0. The minimum atomic E-state index is -1.27. The van der Waals surface area contributed by atoms with Gasteiger partial charge < -0.3 is 20.6 Å². The van der Waals surface area contributed by atoms with Crippen LogP contribution in [0.25, 0.3) is 0 Å². The van der Waals surface area contributed by atoms with Crippen molar-refractivity contribution in [2.24, 2.45) is 0 Å². The zero-order chi connectivity index (χ0) is 21.5. The Balaban J connectivity index is 1.56. The molecule has 1 aliphatic heterocycles. The van der Waals surface area contributed by atoms with Crippen LogP contribution >= 0.6 is 0 Å². The predicted octanol–water partition coefficient (Wildman–Crippen LogP) is 2.43. The van der Waals surface area contributed by atoms with Gasteiger partial charge in [-0.15, -0.1) is 0 Å². The van der Waals surface area contributed by atoms with Gasteiger partial charge in [-0.25, -0.2) is 9.18 Å². The standard InChI is InChI=1S/C22H24FN3O4/c23-19-9-5-4-8-16(19)12-18(25-22(29)30)13-20(27)26-11-10-17(14-26)24-21(28)15-6-2-1-3-7-15/h1-9,17-18,25H,10-14H2,(H,24,28)(H,29,30)/t17-,18+/m0/s1. The molecule has 7 nitrogen and oxygen atoms in total. The van der Waals surface area contributed by atoms with Crippen molar-refractivity contribution in [2.45, 2.75) is 31.3 Å². The van der Waals surface area contributed by atoms with Crippen molar-refractivity contribution in [3.05, 3.63) is 71.5 Å². The highest BCUT2D eigenvalue weighted by molar-refractivity contribution is 5.94. The molecule has 1 aliphatic rings. The Hall–Kier alpha value is -3.42. The third-order valence-corrected chi connectivity index (χ3v) is 5.08. The Labute approximate surface area is 173 Å². The van der Waals surface area contributed by atoms with Gasteiger partial charge in [0.15, 0.2) is 0 Å². The van der Waals surface area contributed by atoms with Crippen LogP contribution in [0.3, 0.4) is 0 Å². The summed E-state index contributed by atoms with van der Waals surface area (Å²) in [6.07, 6.45) is -0.653. The fourth-order valence-electron chi connectivity index (χ4n) is 3.58. The molecule has 3 amide bonds. The average Bonchev–Trinajstić information content (AvgIpc) is 3.18. The summed E-state index contributed by atoms with van der Waals surface area (Å²) in [5, 5.41) is 14.3. The second kappa shape index (κ2) is 9.87. The first kappa shape index (κ1) is 21.3. The summed E-state index contributed by atoms with van der Waals surface area (Å²) in [5.74, 6) is -0.867. The lowest BCUT2D eigenvalue weighted by molar-refractivity contribution is -0.130. The van der Waals surface area contributed by atoms with Crippen molar-refractivity contribution in [3.63, 3.8) is 0 Å². The van der Waals surface area contributed by atoms with E-state index in [2.05, 4.69) is 10.6 Å². The minimum Gasteiger partial charge on any atom is -0.465 e. The molecular formula is C22H24FN3O4. The van der Waals surface area contributed by atoms with Gasteiger partial charge in [0.25, 0.3) is 5.91 Å². The van der Waals surface area contributed by atoms with Gasteiger partial charge in [-0.05, 0) is 36.6 Å². The van der Waals surface area contributed by atoms with E-state index in [4.69, 9.17) is 5.11 Å². The molecule has 0 saturated carbocycles. The Morgan fingerprint density at radius 2 is 1.80 bits per heavy atom. The van der Waals surface area contributed by atoms with Crippen LogP contribution in [0, 0.1) is 5.82 Å². The fourth-order valence-corrected chi connectivity index (χ4v) is 3.58. The molecule has 1 saturated heterocycles. The molecule has 2 aromatic carbocycles. The largest absolute Gasteiger partial charge is 0.465 e. The molecule has 0 bridgehead atoms. The predicted molar refractivity (Wildman–Crippen MR) is 109 cm³/mol. The molecule has 158 valence electrons. The number of hydrogen-bond donors (Lipinski definition) is 3. The number of likely N-dealkylation sites (tertiary alicyclic amines) is 1. The van der Waals surface area contributed by atoms with Gasteiger partial charge in [0.1, 0.15) is 5.82 Å². The van der Waals surface area contributed by atoms with Crippen LogP contribution in [-0.4, -0.2) is 53.1 Å². The van der Waals surface area contributed by atoms with Crippen molar-refractivity contribution in [3.8, 4) is 0 Å². The summed E-state index contributed by atoms with van der Waals surface area (Å²) in [6, 6.07) is 14.0. The van der Waals surface area contributed by atoms with E-state index in [0.29, 0.717) is 30.6 Å². The van der Waals surface area contributed by atoms with Crippen LogP contribution in [0.5, 0.6) is 0 Å². The first-order valence-corrected chi connectivity index (χ1v) is 9.79. The molecule has 3 rings (SSSR count). The summed E-state index contributed by atoms with van der Waals surface area (Å²) in [4.78, 5) is 37.7. The zero-order valence-corrected chi connectivity index (χ0v) is 16.4. The molecule has 0 radical (unpaired) electrons. The van der Waals surface area contributed by atoms with Gasteiger partial charge >= 0.3 is 6.09 Å². The summed E-state index contributed by atoms with van der Waals surface area (Å²) >= 11 is 0. The number of nitrogens with zero attached hydrogens (tertiary/aromatic N) is 1. The van der Waals surface area contributed by atoms with Crippen LogP contribution in [0.4, 0.5) is 9.18 Å². The van der Waals surface area contributed by atoms with Gasteiger partial charge in [0.05, 0.1) is 0 Å². The smallest absolute Gasteiger partial charge is 0.404 e. The third kappa shape index (κ3) is 5.79. The fraction of sp³-hybridized carbons (Fsp3) is 0.318. The van der Waals surface area contributed by atoms with E-state index in [1.165, 1.54) is 6.07 Å². The van der Waals surface area contributed by atoms with Crippen molar-refractivity contribution in [2.75, 3.05) is 13.1 Å². The molecule has 30 heavy (non-hydrogen) atoms. The second-order valence-corrected chi connectivity index (χ2v) is 7.31. The number of amides is 3. The lowest BCUT2D eigenvalue weighted by Crippen LogP contribution is -2.42. The topological polar surface area (TPSA) is 98.7 Å². The van der Waals surface area contributed by atoms with E-state index in [1.807, 2.05) is 6.07 Å². The molecule has 0 aliphatic carbocycles. The number of benzene rings is 2. The van der Waals surface area contributed by atoms with Crippen LogP contribution in [0.1, 0.15) is 28.8 Å². The zero-order valence-electron chi connectivity index (χ0n) is 16.4. The summed E-state index contributed by atoms with van der Waals surface area (Å²) in [7, 11) is 0. The molecular weight excluding hydrogens is 389 g/mol. The van der Waals surface area contributed by atoms with Crippen LogP contribution in [-0.2, 0) is 11.2 Å². The number of carboxylic acid groups (broad SMARTS) is 1. The van der Waals surface area contributed by atoms with E-state index in [-0.39, 0.29) is 30.7 Å². The monoisotopic (exact) mass is 413 g/mol. The van der Waals surface area contributed by atoms with Crippen molar-refractivity contribution in [1.29, 1.82) is 0 Å². The second-order valence-electron chi connectivity index (χ2n) is 7.31. The van der Waals surface area contributed by atoms with Gasteiger partial charge in [-0.2, -0.15) is 0 Å². The van der Waals surface area contributed by atoms with Crippen LogP contribution in [0.2, 0.25) is 0 Å². The Morgan fingerprint density at radius 1 is 1.10 bits per heavy atom. The summed E-state index contributed by atoms with van der Waals surface area (Å²) < 4.78 is 13.9. The van der Waals surface area contributed by atoms with Crippen molar-refractivity contribution < 1.29 is 23.9 Å². The molecule has 2 atom stereocenters. The first-order chi connectivity index (χ1) is 14.4. The first-order valence-electron chi connectivity index (χ1n) is 9.79. The maximum absolute atomic E-state index is 13.9. The number of halogens is 1. The third-order valence-electron chi connectivity index (χ3n) is 5.08. The maximum Gasteiger partial charge on any atom is 0.404 e. The normalized spacial score (nSPS) is 16.7. The summed E-state index contributed by atoms with van der Waals surface area (Å²) in [5.41, 5.74) is 0.899. The molecule has 3 N–H and O–H groups in total. The lowest BCUT2D eigenvalue weighted by Gasteiger charge is -2.22. The molecule has 0 spiro atoms.